The molecule has 0 aliphatic carbocycles. The zero-order valence-electron chi connectivity index (χ0n) is 11.6. The summed E-state index contributed by atoms with van der Waals surface area (Å²) in [5.41, 5.74) is 4.58. The van der Waals surface area contributed by atoms with Gasteiger partial charge < -0.3 is 0 Å². The van der Waals surface area contributed by atoms with E-state index in [1.54, 1.807) is 12.4 Å². The molecule has 102 valence electrons. The van der Waals surface area contributed by atoms with Gasteiger partial charge in [0.05, 0.1) is 22.8 Å². The number of nitrogens with zero attached hydrogens (tertiary/aromatic N) is 3. The summed E-state index contributed by atoms with van der Waals surface area (Å²) in [4.78, 5) is 13.5. The molecule has 0 unspecified atom stereocenters. The first-order valence-corrected chi connectivity index (χ1v) is 6.82. The molecular formula is C18H15N3. The lowest BCUT2D eigenvalue weighted by Crippen LogP contribution is -1.97. The first-order valence-electron chi connectivity index (χ1n) is 6.82. The Balaban J connectivity index is 2.13. The quantitative estimate of drug-likeness (QED) is 0.676. The third-order valence-corrected chi connectivity index (χ3v) is 3.18. The minimum atomic E-state index is 0.765. The molecule has 0 bridgehead atoms. The van der Waals surface area contributed by atoms with Crippen molar-refractivity contribution >= 4 is 0 Å². The molecule has 0 amide bonds. The minimum Gasteiger partial charge on any atom is -0.255 e. The standard InChI is InChI=1S/C18H15N3/c1-2-7-14-10-11-16(15-8-3-5-12-19-15)21-18(14)17-9-4-6-13-20-17/h2-6,8-13H,1,7H2. The van der Waals surface area contributed by atoms with Crippen LogP contribution < -0.4 is 0 Å². The molecule has 0 atom stereocenters. The number of rotatable bonds is 4. The maximum Gasteiger partial charge on any atom is 0.0929 e. The minimum absolute atomic E-state index is 0.765. The van der Waals surface area contributed by atoms with Crippen molar-refractivity contribution in [2.75, 3.05) is 0 Å². The van der Waals surface area contributed by atoms with Crippen molar-refractivity contribution in [3.8, 4) is 22.8 Å². The van der Waals surface area contributed by atoms with E-state index in [0.717, 1.165) is 34.8 Å². The van der Waals surface area contributed by atoms with Crippen LogP contribution in [0.3, 0.4) is 0 Å². The first-order chi connectivity index (χ1) is 10.4. The van der Waals surface area contributed by atoms with Crippen LogP contribution in [-0.2, 0) is 6.42 Å². The Bertz CT molecular complexity index is 737. The van der Waals surface area contributed by atoms with E-state index >= 15 is 0 Å². The number of hydrogen-bond acceptors (Lipinski definition) is 3. The molecule has 3 aromatic heterocycles. The normalized spacial score (nSPS) is 10.3. The molecule has 0 saturated carbocycles. The van der Waals surface area contributed by atoms with Crippen molar-refractivity contribution in [1.29, 1.82) is 0 Å². The van der Waals surface area contributed by atoms with Crippen molar-refractivity contribution in [3.05, 3.63) is 79.1 Å². The molecule has 3 nitrogen and oxygen atoms in total. The van der Waals surface area contributed by atoms with Gasteiger partial charge in [0.15, 0.2) is 0 Å². The van der Waals surface area contributed by atoms with E-state index in [9.17, 15) is 0 Å². The van der Waals surface area contributed by atoms with Crippen LogP contribution in [0.2, 0.25) is 0 Å². The van der Waals surface area contributed by atoms with Gasteiger partial charge in [0.2, 0.25) is 0 Å². The third kappa shape index (κ3) is 2.87. The summed E-state index contributed by atoms with van der Waals surface area (Å²) >= 11 is 0. The fourth-order valence-corrected chi connectivity index (χ4v) is 2.19. The van der Waals surface area contributed by atoms with Crippen molar-refractivity contribution in [3.63, 3.8) is 0 Å². The highest BCUT2D eigenvalue weighted by Gasteiger charge is 2.10. The molecular weight excluding hydrogens is 258 g/mol. The van der Waals surface area contributed by atoms with Gasteiger partial charge in [-0.25, -0.2) is 4.98 Å². The highest BCUT2D eigenvalue weighted by molar-refractivity contribution is 5.65. The monoisotopic (exact) mass is 273 g/mol. The van der Waals surface area contributed by atoms with E-state index in [2.05, 4.69) is 22.6 Å². The van der Waals surface area contributed by atoms with Crippen LogP contribution >= 0.6 is 0 Å². The fraction of sp³-hybridized carbons (Fsp3) is 0.0556. The molecule has 0 radical (unpaired) electrons. The predicted octanol–water partition coefficient (Wildman–Crippen LogP) is 3.93. The second kappa shape index (κ2) is 6.09. The zero-order chi connectivity index (χ0) is 14.5. The molecule has 0 fully saturated rings. The molecule has 0 aliphatic heterocycles. The Morgan fingerprint density at radius 2 is 1.52 bits per heavy atom. The summed E-state index contributed by atoms with van der Waals surface area (Å²) in [7, 11) is 0. The van der Waals surface area contributed by atoms with Crippen LogP contribution in [0.1, 0.15) is 5.56 Å². The van der Waals surface area contributed by atoms with Gasteiger partial charge >= 0.3 is 0 Å². The molecule has 3 heteroatoms. The summed E-state index contributed by atoms with van der Waals surface area (Å²) in [5.74, 6) is 0. The largest absolute Gasteiger partial charge is 0.255 e. The molecule has 0 saturated heterocycles. The molecule has 3 aromatic rings. The third-order valence-electron chi connectivity index (χ3n) is 3.18. The molecule has 0 aromatic carbocycles. The Labute approximate surface area is 124 Å². The molecule has 0 N–H and O–H groups in total. The Kier molecular flexibility index (Phi) is 3.83. The molecule has 21 heavy (non-hydrogen) atoms. The number of pyridine rings is 3. The highest BCUT2D eigenvalue weighted by atomic mass is 14.8. The lowest BCUT2D eigenvalue weighted by Gasteiger charge is -2.09. The fourth-order valence-electron chi connectivity index (χ4n) is 2.19. The van der Waals surface area contributed by atoms with Crippen molar-refractivity contribution in [2.45, 2.75) is 6.42 Å². The van der Waals surface area contributed by atoms with Gasteiger partial charge in [0.1, 0.15) is 0 Å². The number of allylic oxidation sites excluding steroid dienone is 1. The topological polar surface area (TPSA) is 38.7 Å². The highest BCUT2D eigenvalue weighted by Crippen LogP contribution is 2.24. The van der Waals surface area contributed by atoms with E-state index in [1.165, 1.54) is 0 Å². The van der Waals surface area contributed by atoms with Crippen LogP contribution in [-0.4, -0.2) is 15.0 Å². The predicted molar refractivity (Wildman–Crippen MR) is 84.6 cm³/mol. The average Bonchev–Trinajstić information content (AvgIpc) is 2.57. The van der Waals surface area contributed by atoms with Gasteiger partial charge in [-0.1, -0.05) is 24.3 Å². The zero-order valence-corrected chi connectivity index (χ0v) is 11.6. The van der Waals surface area contributed by atoms with Crippen LogP contribution in [0, 0.1) is 0 Å². The molecule has 3 heterocycles. The summed E-state index contributed by atoms with van der Waals surface area (Å²) in [6.07, 6.45) is 6.20. The summed E-state index contributed by atoms with van der Waals surface area (Å²) < 4.78 is 0. The van der Waals surface area contributed by atoms with Gasteiger partial charge in [-0.2, -0.15) is 0 Å². The van der Waals surface area contributed by atoms with Crippen molar-refractivity contribution in [2.24, 2.45) is 0 Å². The number of hydrogen-bond donors (Lipinski definition) is 0. The summed E-state index contributed by atoms with van der Waals surface area (Å²) in [6.45, 7) is 3.81. The Hall–Kier alpha value is -2.81. The maximum absolute atomic E-state index is 4.76. The lowest BCUT2D eigenvalue weighted by atomic mass is 10.1. The second-order valence-electron chi connectivity index (χ2n) is 4.63. The van der Waals surface area contributed by atoms with E-state index in [0.29, 0.717) is 0 Å². The SMILES string of the molecule is C=CCc1ccc(-c2ccccn2)nc1-c1ccccn1. The average molecular weight is 273 g/mol. The van der Waals surface area contributed by atoms with Crippen molar-refractivity contribution in [1.82, 2.24) is 15.0 Å². The van der Waals surface area contributed by atoms with E-state index in [4.69, 9.17) is 4.98 Å². The Morgan fingerprint density at radius 1 is 0.810 bits per heavy atom. The van der Waals surface area contributed by atoms with Crippen LogP contribution in [0.5, 0.6) is 0 Å². The van der Waals surface area contributed by atoms with Crippen molar-refractivity contribution < 1.29 is 0 Å². The summed E-state index contributed by atoms with van der Waals surface area (Å²) in [6, 6.07) is 15.7. The van der Waals surface area contributed by atoms with Gasteiger partial charge in [-0.15, -0.1) is 6.58 Å². The van der Waals surface area contributed by atoms with Crippen LogP contribution in [0.4, 0.5) is 0 Å². The van der Waals surface area contributed by atoms with Gasteiger partial charge in [-0.3, -0.25) is 9.97 Å². The number of aromatic nitrogens is 3. The maximum atomic E-state index is 4.76. The summed E-state index contributed by atoms with van der Waals surface area (Å²) in [5, 5.41) is 0. The van der Waals surface area contributed by atoms with E-state index in [-0.39, 0.29) is 0 Å². The van der Waals surface area contributed by atoms with Crippen LogP contribution in [0.25, 0.3) is 22.8 Å². The van der Waals surface area contributed by atoms with E-state index in [1.807, 2.05) is 48.5 Å². The lowest BCUT2D eigenvalue weighted by molar-refractivity contribution is 1.16. The van der Waals surface area contributed by atoms with Crippen LogP contribution in [0.15, 0.2) is 73.6 Å². The molecule has 0 spiro atoms. The van der Waals surface area contributed by atoms with Gasteiger partial charge in [0.25, 0.3) is 0 Å². The van der Waals surface area contributed by atoms with Gasteiger partial charge in [0, 0.05) is 12.4 Å². The van der Waals surface area contributed by atoms with Gasteiger partial charge in [-0.05, 0) is 42.3 Å². The molecule has 3 rings (SSSR count). The molecule has 0 aliphatic rings. The first kappa shape index (κ1) is 13.2. The second-order valence-corrected chi connectivity index (χ2v) is 4.63. The van der Waals surface area contributed by atoms with E-state index < -0.39 is 0 Å². The smallest absolute Gasteiger partial charge is 0.0929 e. The Morgan fingerprint density at radius 3 is 2.14 bits per heavy atom.